The molecule has 0 radical (unpaired) electrons. The van der Waals surface area contributed by atoms with E-state index >= 15 is 0 Å². The van der Waals surface area contributed by atoms with Gasteiger partial charge in [0, 0.05) is 6.54 Å². The van der Waals surface area contributed by atoms with Gasteiger partial charge in [0.15, 0.2) is 0 Å². The van der Waals surface area contributed by atoms with E-state index in [0.717, 1.165) is 25.8 Å². The molecule has 0 amide bonds. The summed E-state index contributed by atoms with van der Waals surface area (Å²) < 4.78 is 12.7. The van der Waals surface area contributed by atoms with Crippen LogP contribution in [0.1, 0.15) is 44.9 Å². The number of unbranched alkanes of at least 4 members (excludes halogenated alkanes) is 1. The van der Waals surface area contributed by atoms with Gasteiger partial charge in [-0.15, -0.1) is 0 Å². The van der Waals surface area contributed by atoms with Gasteiger partial charge in [-0.05, 0) is 38.1 Å². The van der Waals surface area contributed by atoms with Crippen molar-refractivity contribution in [2.45, 2.75) is 39.2 Å². The van der Waals surface area contributed by atoms with Gasteiger partial charge in [-0.2, -0.15) is 0 Å². The topological polar surface area (TPSA) is 36.4 Å². The van der Waals surface area contributed by atoms with E-state index in [1.807, 2.05) is 0 Å². The third kappa shape index (κ3) is 5.10. The molecule has 1 unspecified atom stereocenters. The SMILES string of the molecule is CCCCN(CC)CCC(O)c1ccc(F)cn1. The standard InChI is InChI=1S/C14H23FN2O/c1-3-5-9-17(4-2)10-8-14(18)13-7-6-12(15)11-16-13/h6-7,11,14,18H,3-5,8-10H2,1-2H3. The Hall–Kier alpha value is -1.00. The highest BCUT2D eigenvalue weighted by atomic mass is 19.1. The van der Waals surface area contributed by atoms with Crippen LogP contribution in [0.5, 0.6) is 0 Å². The van der Waals surface area contributed by atoms with E-state index in [4.69, 9.17) is 0 Å². The van der Waals surface area contributed by atoms with Crippen molar-refractivity contribution in [3.63, 3.8) is 0 Å². The molecule has 1 atom stereocenters. The van der Waals surface area contributed by atoms with E-state index in [9.17, 15) is 9.50 Å². The van der Waals surface area contributed by atoms with Crippen molar-refractivity contribution in [1.82, 2.24) is 9.88 Å². The molecule has 0 fully saturated rings. The average Bonchev–Trinajstić information content (AvgIpc) is 2.39. The van der Waals surface area contributed by atoms with Crippen LogP contribution in [0.25, 0.3) is 0 Å². The van der Waals surface area contributed by atoms with Gasteiger partial charge in [0.05, 0.1) is 18.0 Å². The summed E-state index contributed by atoms with van der Waals surface area (Å²) in [5.41, 5.74) is 0.544. The molecule has 1 aromatic rings. The van der Waals surface area contributed by atoms with Crippen LogP contribution in [-0.2, 0) is 0 Å². The molecule has 18 heavy (non-hydrogen) atoms. The second-order valence-corrected chi connectivity index (χ2v) is 4.49. The van der Waals surface area contributed by atoms with Gasteiger partial charge in [-0.25, -0.2) is 4.39 Å². The van der Waals surface area contributed by atoms with E-state index in [-0.39, 0.29) is 5.82 Å². The number of rotatable bonds is 8. The molecule has 0 aliphatic rings. The Kier molecular flexibility index (Phi) is 6.83. The van der Waals surface area contributed by atoms with E-state index in [1.165, 1.54) is 18.9 Å². The van der Waals surface area contributed by atoms with Gasteiger partial charge in [0.25, 0.3) is 0 Å². The first-order valence-electron chi connectivity index (χ1n) is 6.69. The van der Waals surface area contributed by atoms with Gasteiger partial charge in [-0.3, -0.25) is 4.98 Å². The summed E-state index contributed by atoms with van der Waals surface area (Å²) in [5, 5.41) is 9.97. The third-order valence-electron chi connectivity index (χ3n) is 3.09. The molecule has 0 aliphatic carbocycles. The Morgan fingerprint density at radius 2 is 2.11 bits per heavy atom. The second kappa shape index (κ2) is 8.16. The Bertz CT molecular complexity index is 329. The molecule has 0 aliphatic heterocycles. The summed E-state index contributed by atoms with van der Waals surface area (Å²) in [6, 6.07) is 2.88. The minimum Gasteiger partial charge on any atom is -0.387 e. The van der Waals surface area contributed by atoms with E-state index in [2.05, 4.69) is 23.7 Å². The Morgan fingerprint density at radius 3 is 2.67 bits per heavy atom. The number of aliphatic hydroxyl groups is 1. The zero-order valence-electron chi connectivity index (χ0n) is 11.3. The number of pyridine rings is 1. The second-order valence-electron chi connectivity index (χ2n) is 4.49. The number of halogens is 1. The maximum Gasteiger partial charge on any atom is 0.141 e. The van der Waals surface area contributed by atoms with Crippen molar-refractivity contribution >= 4 is 0 Å². The summed E-state index contributed by atoms with van der Waals surface area (Å²) in [5.74, 6) is -0.371. The Balaban J connectivity index is 2.39. The first kappa shape index (κ1) is 15.1. The maximum absolute atomic E-state index is 12.7. The molecule has 102 valence electrons. The molecule has 0 aromatic carbocycles. The number of aromatic nitrogens is 1. The molecular weight excluding hydrogens is 231 g/mol. The normalized spacial score (nSPS) is 12.9. The summed E-state index contributed by atoms with van der Waals surface area (Å²) in [7, 11) is 0. The fourth-order valence-electron chi connectivity index (χ4n) is 1.85. The van der Waals surface area contributed by atoms with Crippen molar-refractivity contribution < 1.29 is 9.50 Å². The zero-order chi connectivity index (χ0) is 13.4. The number of aliphatic hydroxyl groups excluding tert-OH is 1. The predicted molar refractivity (Wildman–Crippen MR) is 70.8 cm³/mol. The molecule has 1 rings (SSSR count). The third-order valence-corrected chi connectivity index (χ3v) is 3.09. The van der Waals surface area contributed by atoms with E-state index in [0.29, 0.717) is 12.1 Å². The van der Waals surface area contributed by atoms with Crippen LogP contribution in [0.4, 0.5) is 4.39 Å². The molecule has 0 saturated carbocycles. The molecule has 4 heteroatoms. The summed E-state index contributed by atoms with van der Waals surface area (Å²) in [6.45, 7) is 7.19. The minimum atomic E-state index is -0.610. The lowest BCUT2D eigenvalue weighted by Crippen LogP contribution is -2.27. The first-order chi connectivity index (χ1) is 8.67. The molecule has 3 nitrogen and oxygen atoms in total. The molecule has 0 spiro atoms. The lowest BCUT2D eigenvalue weighted by atomic mass is 10.1. The molecule has 1 aromatic heterocycles. The van der Waals surface area contributed by atoms with Crippen molar-refractivity contribution in [1.29, 1.82) is 0 Å². The molecular formula is C14H23FN2O. The number of hydrogen-bond donors (Lipinski definition) is 1. The van der Waals surface area contributed by atoms with Gasteiger partial charge in [0.1, 0.15) is 5.82 Å². The van der Waals surface area contributed by atoms with E-state index < -0.39 is 6.10 Å². The Morgan fingerprint density at radius 1 is 1.33 bits per heavy atom. The van der Waals surface area contributed by atoms with Crippen LogP contribution in [0, 0.1) is 5.82 Å². The van der Waals surface area contributed by atoms with Crippen LogP contribution in [0.3, 0.4) is 0 Å². The highest BCUT2D eigenvalue weighted by Crippen LogP contribution is 2.14. The van der Waals surface area contributed by atoms with Crippen molar-refractivity contribution in [2.24, 2.45) is 0 Å². The molecule has 1 N–H and O–H groups in total. The average molecular weight is 254 g/mol. The lowest BCUT2D eigenvalue weighted by Gasteiger charge is -2.21. The summed E-state index contributed by atoms with van der Waals surface area (Å²) >= 11 is 0. The highest BCUT2D eigenvalue weighted by Gasteiger charge is 2.11. The zero-order valence-corrected chi connectivity index (χ0v) is 11.3. The van der Waals surface area contributed by atoms with Crippen molar-refractivity contribution in [2.75, 3.05) is 19.6 Å². The van der Waals surface area contributed by atoms with E-state index in [1.54, 1.807) is 6.07 Å². The van der Waals surface area contributed by atoms with Crippen LogP contribution in [0.15, 0.2) is 18.3 Å². The van der Waals surface area contributed by atoms with Gasteiger partial charge >= 0.3 is 0 Å². The van der Waals surface area contributed by atoms with Crippen molar-refractivity contribution in [3.8, 4) is 0 Å². The van der Waals surface area contributed by atoms with Gasteiger partial charge in [0.2, 0.25) is 0 Å². The summed E-state index contributed by atoms with van der Waals surface area (Å²) in [6.07, 6.45) is 3.53. The monoisotopic (exact) mass is 254 g/mol. The van der Waals surface area contributed by atoms with Crippen LogP contribution in [0.2, 0.25) is 0 Å². The number of nitrogens with zero attached hydrogens (tertiary/aromatic N) is 2. The van der Waals surface area contributed by atoms with Crippen molar-refractivity contribution in [3.05, 3.63) is 29.8 Å². The fourth-order valence-corrected chi connectivity index (χ4v) is 1.85. The fraction of sp³-hybridized carbons (Fsp3) is 0.643. The largest absolute Gasteiger partial charge is 0.387 e. The summed E-state index contributed by atoms with van der Waals surface area (Å²) in [4.78, 5) is 6.22. The maximum atomic E-state index is 12.7. The highest BCUT2D eigenvalue weighted by molar-refractivity contribution is 5.07. The smallest absolute Gasteiger partial charge is 0.141 e. The minimum absolute atomic E-state index is 0.371. The molecule has 0 bridgehead atoms. The lowest BCUT2D eigenvalue weighted by molar-refractivity contribution is 0.139. The van der Waals surface area contributed by atoms with Crippen LogP contribution >= 0.6 is 0 Å². The quantitative estimate of drug-likeness (QED) is 0.775. The first-order valence-corrected chi connectivity index (χ1v) is 6.69. The van der Waals surface area contributed by atoms with Crippen LogP contribution in [-0.4, -0.2) is 34.6 Å². The van der Waals surface area contributed by atoms with Gasteiger partial charge in [-0.1, -0.05) is 20.3 Å². The Labute approximate surface area is 109 Å². The molecule has 0 saturated heterocycles. The predicted octanol–water partition coefficient (Wildman–Crippen LogP) is 2.77. The van der Waals surface area contributed by atoms with Crippen LogP contribution < -0.4 is 0 Å². The number of hydrogen-bond acceptors (Lipinski definition) is 3. The van der Waals surface area contributed by atoms with Gasteiger partial charge < -0.3 is 10.0 Å². The molecule has 1 heterocycles.